The van der Waals surface area contributed by atoms with E-state index in [9.17, 15) is 0 Å². The highest BCUT2D eigenvalue weighted by Crippen LogP contribution is 2.18. The van der Waals surface area contributed by atoms with Crippen LogP contribution in [0.3, 0.4) is 0 Å². The highest BCUT2D eigenvalue weighted by molar-refractivity contribution is 5.84. The Morgan fingerprint density at radius 3 is 2.86 bits per heavy atom. The van der Waals surface area contributed by atoms with Crippen molar-refractivity contribution in [3.63, 3.8) is 0 Å². The first kappa shape index (κ1) is 13.9. The molecule has 0 saturated carbocycles. The zero-order valence-corrected chi connectivity index (χ0v) is 12.5. The molecular formula is C17H22N4. The lowest BCUT2D eigenvalue weighted by Gasteiger charge is -2.31. The van der Waals surface area contributed by atoms with Crippen molar-refractivity contribution >= 4 is 16.7 Å². The molecule has 4 nitrogen and oxygen atoms in total. The SMILES string of the molecule is CC1CCN(C(N)=NCc2nccc3ccccc23)CC1. The molecule has 21 heavy (non-hydrogen) atoms. The van der Waals surface area contributed by atoms with Crippen molar-refractivity contribution in [1.82, 2.24) is 9.88 Å². The number of aromatic nitrogens is 1. The van der Waals surface area contributed by atoms with Gasteiger partial charge in [0.05, 0.1) is 12.2 Å². The first-order valence-electron chi connectivity index (χ1n) is 7.61. The van der Waals surface area contributed by atoms with Crippen molar-refractivity contribution in [3.8, 4) is 0 Å². The molecule has 0 bridgehead atoms. The Morgan fingerprint density at radius 1 is 1.29 bits per heavy atom. The third kappa shape index (κ3) is 3.15. The summed E-state index contributed by atoms with van der Waals surface area (Å²) in [4.78, 5) is 11.2. The van der Waals surface area contributed by atoms with Crippen LogP contribution in [0, 0.1) is 5.92 Å². The van der Waals surface area contributed by atoms with Crippen LogP contribution in [0.25, 0.3) is 10.8 Å². The van der Waals surface area contributed by atoms with Gasteiger partial charge in [0.2, 0.25) is 0 Å². The second-order valence-corrected chi connectivity index (χ2v) is 5.82. The van der Waals surface area contributed by atoms with Crippen molar-refractivity contribution in [2.45, 2.75) is 26.3 Å². The summed E-state index contributed by atoms with van der Waals surface area (Å²) in [5, 5.41) is 2.35. The van der Waals surface area contributed by atoms with Crippen LogP contribution >= 0.6 is 0 Å². The Balaban J connectivity index is 1.75. The number of pyridine rings is 1. The zero-order chi connectivity index (χ0) is 14.7. The monoisotopic (exact) mass is 282 g/mol. The van der Waals surface area contributed by atoms with Crippen LogP contribution < -0.4 is 5.73 Å². The Labute approximate surface area is 125 Å². The van der Waals surface area contributed by atoms with Gasteiger partial charge in [-0.3, -0.25) is 4.98 Å². The molecule has 0 spiro atoms. The van der Waals surface area contributed by atoms with E-state index in [1.807, 2.05) is 24.4 Å². The van der Waals surface area contributed by atoms with Gasteiger partial charge >= 0.3 is 0 Å². The number of rotatable bonds is 2. The lowest BCUT2D eigenvalue weighted by atomic mass is 10.00. The van der Waals surface area contributed by atoms with E-state index in [4.69, 9.17) is 5.73 Å². The van der Waals surface area contributed by atoms with Gasteiger partial charge in [-0.15, -0.1) is 0 Å². The summed E-state index contributed by atoms with van der Waals surface area (Å²) in [5.41, 5.74) is 7.12. The van der Waals surface area contributed by atoms with E-state index in [0.29, 0.717) is 12.5 Å². The molecule has 2 aromatic rings. The number of likely N-dealkylation sites (tertiary alicyclic amines) is 1. The van der Waals surface area contributed by atoms with Crippen LogP contribution in [0.2, 0.25) is 0 Å². The maximum atomic E-state index is 6.13. The molecule has 1 aromatic heterocycles. The lowest BCUT2D eigenvalue weighted by Crippen LogP contribution is -2.42. The fraction of sp³-hybridized carbons (Fsp3) is 0.412. The summed E-state index contributed by atoms with van der Waals surface area (Å²) in [5.74, 6) is 1.45. The molecule has 1 fully saturated rings. The first-order chi connectivity index (χ1) is 10.2. The van der Waals surface area contributed by atoms with Gasteiger partial charge in [-0.1, -0.05) is 31.2 Å². The Bertz CT molecular complexity index is 637. The number of piperidine rings is 1. The van der Waals surface area contributed by atoms with E-state index >= 15 is 0 Å². The standard InChI is InChI=1S/C17H22N4/c1-13-7-10-21(11-8-13)17(18)20-12-16-15-5-3-2-4-14(15)6-9-19-16/h2-6,9,13H,7-8,10-12H2,1H3,(H2,18,20). The van der Waals surface area contributed by atoms with E-state index in [0.717, 1.165) is 30.1 Å². The predicted molar refractivity (Wildman–Crippen MR) is 87.0 cm³/mol. The lowest BCUT2D eigenvalue weighted by molar-refractivity contribution is 0.277. The number of hydrogen-bond acceptors (Lipinski definition) is 2. The number of nitrogens with two attached hydrogens (primary N) is 1. The summed E-state index contributed by atoms with van der Waals surface area (Å²) in [6.07, 6.45) is 4.23. The maximum absolute atomic E-state index is 6.13. The normalized spacial score (nSPS) is 17.4. The maximum Gasteiger partial charge on any atom is 0.191 e. The number of fused-ring (bicyclic) bond motifs is 1. The van der Waals surface area contributed by atoms with Crippen LogP contribution in [0.5, 0.6) is 0 Å². The Morgan fingerprint density at radius 2 is 2.05 bits per heavy atom. The van der Waals surface area contributed by atoms with Gasteiger partial charge in [-0.05, 0) is 30.2 Å². The molecule has 1 aliphatic heterocycles. The van der Waals surface area contributed by atoms with Crippen molar-refractivity contribution in [3.05, 3.63) is 42.2 Å². The minimum Gasteiger partial charge on any atom is -0.370 e. The molecule has 4 heteroatoms. The quantitative estimate of drug-likeness (QED) is 0.680. The third-order valence-electron chi connectivity index (χ3n) is 4.25. The summed E-state index contributed by atoms with van der Waals surface area (Å²) in [6, 6.07) is 10.3. The average Bonchev–Trinajstić information content (AvgIpc) is 2.53. The molecule has 1 aromatic carbocycles. The van der Waals surface area contributed by atoms with Crippen molar-refractivity contribution in [2.75, 3.05) is 13.1 Å². The number of guanidine groups is 1. The molecular weight excluding hydrogens is 260 g/mol. The van der Waals surface area contributed by atoms with E-state index < -0.39 is 0 Å². The fourth-order valence-corrected chi connectivity index (χ4v) is 2.80. The number of benzene rings is 1. The fourth-order valence-electron chi connectivity index (χ4n) is 2.80. The molecule has 2 N–H and O–H groups in total. The van der Waals surface area contributed by atoms with Crippen LogP contribution in [0.4, 0.5) is 0 Å². The van der Waals surface area contributed by atoms with E-state index in [2.05, 4.69) is 33.9 Å². The van der Waals surface area contributed by atoms with Crippen molar-refractivity contribution < 1.29 is 0 Å². The molecule has 1 saturated heterocycles. The van der Waals surface area contributed by atoms with Gasteiger partial charge < -0.3 is 10.6 Å². The second-order valence-electron chi connectivity index (χ2n) is 5.82. The van der Waals surface area contributed by atoms with Crippen molar-refractivity contribution in [2.24, 2.45) is 16.6 Å². The number of nitrogens with zero attached hydrogens (tertiary/aromatic N) is 3. The van der Waals surface area contributed by atoms with Gasteiger partial charge in [0.15, 0.2) is 5.96 Å². The van der Waals surface area contributed by atoms with E-state index in [1.54, 1.807) is 0 Å². The Hall–Kier alpha value is -2.10. The van der Waals surface area contributed by atoms with Gasteiger partial charge in [-0.25, -0.2) is 4.99 Å². The Kier molecular flexibility index (Phi) is 4.04. The average molecular weight is 282 g/mol. The van der Waals surface area contributed by atoms with E-state index in [1.165, 1.54) is 18.2 Å². The van der Waals surface area contributed by atoms with Gasteiger partial charge in [0.1, 0.15) is 0 Å². The van der Waals surface area contributed by atoms with Crippen molar-refractivity contribution in [1.29, 1.82) is 0 Å². The molecule has 0 radical (unpaired) electrons. The third-order valence-corrected chi connectivity index (χ3v) is 4.25. The van der Waals surface area contributed by atoms with Crippen LogP contribution in [-0.2, 0) is 6.54 Å². The predicted octanol–water partition coefficient (Wildman–Crippen LogP) is 2.78. The molecule has 0 unspecified atom stereocenters. The van der Waals surface area contributed by atoms with Gasteiger partial charge in [0.25, 0.3) is 0 Å². The summed E-state index contributed by atoms with van der Waals surface area (Å²) in [6.45, 7) is 4.86. The molecule has 0 aliphatic carbocycles. The molecule has 0 atom stereocenters. The highest BCUT2D eigenvalue weighted by atomic mass is 15.3. The summed E-state index contributed by atoms with van der Waals surface area (Å²) < 4.78 is 0. The number of hydrogen-bond donors (Lipinski definition) is 1. The molecule has 110 valence electrons. The van der Waals surface area contributed by atoms with Gasteiger partial charge in [-0.2, -0.15) is 0 Å². The second kappa shape index (κ2) is 6.12. The molecule has 1 aliphatic rings. The van der Waals surface area contributed by atoms with Gasteiger partial charge in [0, 0.05) is 24.7 Å². The summed E-state index contributed by atoms with van der Waals surface area (Å²) >= 11 is 0. The molecule has 3 rings (SSSR count). The minimum absolute atomic E-state index is 0.541. The van der Waals surface area contributed by atoms with Crippen LogP contribution in [0.1, 0.15) is 25.5 Å². The largest absolute Gasteiger partial charge is 0.370 e. The molecule has 0 amide bonds. The summed E-state index contributed by atoms with van der Waals surface area (Å²) in [7, 11) is 0. The smallest absolute Gasteiger partial charge is 0.191 e. The molecule has 2 heterocycles. The zero-order valence-electron chi connectivity index (χ0n) is 12.5. The van der Waals surface area contributed by atoms with Crippen LogP contribution in [-0.4, -0.2) is 28.9 Å². The van der Waals surface area contributed by atoms with Crippen LogP contribution in [0.15, 0.2) is 41.5 Å². The number of aliphatic imine (C=N–C) groups is 1. The first-order valence-corrected chi connectivity index (χ1v) is 7.61. The highest BCUT2D eigenvalue weighted by Gasteiger charge is 2.16. The van der Waals surface area contributed by atoms with E-state index in [-0.39, 0.29) is 0 Å². The topological polar surface area (TPSA) is 54.5 Å². The minimum atomic E-state index is 0.541.